The smallest absolute Gasteiger partial charge is 0.305 e. The van der Waals surface area contributed by atoms with Crippen LogP contribution in [0.25, 0.3) is 21.7 Å². The van der Waals surface area contributed by atoms with Crippen LogP contribution in [0.4, 0.5) is 5.13 Å². The number of hydrogen-bond donors (Lipinski definition) is 3. The summed E-state index contributed by atoms with van der Waals surface area (Å²) in [5.74, 6) is -0.529. The number of thiazole rings is 1. The predicted molar refractivity (Wildman–Crippen MR) is 157 cm³/mol. The summed E-state index contributed by atoms with van der Waals surface area (Å²) in [5.41, 5.74) is 6.21. The second-order valence-corrected chi connectivity index (χ2v) is 11.0. The molecule has 5 rings (SSSR count). The fourth-order valence-corrected chi connectivity index (χ4v) is 6.05. The highest BCUT2D eigenvalue weighted by molar-refractivity contribution is 7.19. The molecule has 4 aromatic rings. The van der Waals surface area contributed by atoms with Crippen molar-refractivity contribution in [1.29, 1.82) is 0 Å². The van der Waals surface area contributed by atoms with Crippen LogP contribution in [0.3, 0.4) is 0 Å². The fraction of sp³-hybridized carbons (Fsp3) is 0.281. The molecule has 0 unspecified atom stereocenters. The van der Waals surface area contributed by atoms with Gasteiger partial charge < -0.3 is 15.7 Å². The summed E-state index contributed by atoms with van der Waals surface area (Å²) in [6.07, 6.45) is 6.51. The molecule has 200 valence electrons. The second kappa shape index (κ2) is 12.7. The third-order valence-corrected chi connectivity index (χ3v) is 8.27. The first-order chi connectivity index (χ1) is 19.1. The van der Waals surface area contributed by atoms with Crippen molar-refractivity contribution in [3.8, 4) is 21.7 Å². The van der Waals surface area contributed by atoms with Gasteiger partial charge in [-0.2, -0.15) is 0 Å². The maximum Gasteiger partial charge on any atom is 0.305 e. The number of aliphatic carboxylic acids is 1. The first-order valence-corrected chi connectivity index (χ1v) is 14.4. The third-order valence-electron chi connectivity index (χ3n) is 7.21. The number of carbonyl (C=O) groups excluding carboxylic acids is 1. The van der Waals surface area contributed by atoms with Crippen LogP contribution in [0.1, 0.15) is 65.9 Å². The lowest BCUT2D eigenvalue weighted by Crippen LogP contribution is -2.25. The number of carboxylic acids is 1. The van der Waals surface area contributed by atoms with Gasteiger partial charge in [0.2, 0.25) is 0 Å². The molecular weight excluding hydrogens is 506 g/mol. The molecule has 3 N–H and O–H groups in total. The predicted octanol–water partition coefficient (Wildman–Crippen LogP) is 7.34. The lowest BCUT2D eigenvalue weighted by Gasteiger charge is -2.22. The van der Waals surface area contributed by atoms with Gasteiger partial charge in [0.1, 0.15) is 0 Å². The number of benzene rings is 3. The Hall–Kier alpha value is -3.97. The molecule has 7 heteroatoms. The summed E-state index contributed by atoms with van der Waals surface area (Å²) in [6, 6.07) is 26.7. The second-order valence-electron chi connectivity index (χ2n) is 9.97. The van der Waals surface area contributed by atoms with Crippen LogP contribution in [0.5, 0.6) is 0 Å². The molecule has 1 fully saturated rings. The van der Waals surface area contributed by atoms with E-state index in [1.54, 1.807) is 23.5 Å². The van der Waals surface area contributed by atoms with Crippen molar-refractivity contribution in [3.05, 3.63) is 95.6 Å². The Balaban J connectivity index is 1.30. The van der Waals surface area contributed by atoms with E-state index >= 15 is 0 Å². The first kappa shape index (κ1) is 26.6. The summed E-state index contributed by atoms with van der Waals surface area (Å²) >= 11 is 1.65. The molecule has 6 nitrogen and oxygen atoms in total. The van der Waals surface area contributed by atoms with Crippen LogP contribution in [0.15, 0.2) is 78.9 Å². The topological polar surface area (TPSA) is 91.3 Å². The Bertz CT molecular complexity index is 1390. The Labute approximate surface area is 233 Å². The Kier molecular flexibility index (Phi) is 8.68. The molecule has 0 bridgehead atoms. The quantitative estimate of drug-likeness (QED) is 0.196. The highest BCUT2D eigenvalue weighted by Gasteiger charge is 2.18. The highest BCUT2D eigenvalue weighted by atomic mass is 32.1. The molecule has 0 spiro atoms. The van der Waals surface area contributed by atoms with Crippen LogP contribution >= 0.6 is 11.3 Å². The van der Waals surface area contributed by atoms with E-state index in [-0.39, 0.29) is 18.9 Å². The van der Waals surface area contributed by atoms with E-state index < -0.39 is 5.97 Å². The van der Waals surface area contributed by atoms with E-state index in [2.05, 4.69) is 47.0 Å². The van der Waals surface area contributed by atoms with E-state index in [4.69, 9.17) is 10.1 Å². The van der Waals surface area contributed by atoms with Gasteiger partial charge in [0.15, 0.2) is 5.13 Å². The minimum Gasteiger partial charge on any atom is -0.481 e. The molecule has 1 amide bonds. The van der Waals surface area contributed by atoms with E-state index in [1.165, 1.54) is 43.2 Å². The Morgan fingerprint density at radius 3 is 2.28 bits per heavy atom. The van der Waals surface area contributed by atoms with Crippen molar-refractivity contribution < 1.29 is 14.7 Å². The maximum atomic E-state index is 12.2. The zero-order valence-electron chi connectivity index (χ0n) is 21.9. The summed E-state index contributed by atoms with van der Waals surface area (Å²) in [6.45, 7) is 0.680. The number of nitrogens with one attached hydrogen (secondary N) is 2. The fourth-order valence-electron chi connectivity index (χ4n) is 5.06. The van der Waals surface area contributed by atoms with Crippen LogP contribution in [0.2, 0.25) is 0 Å². The Morgan fingerprint density at radius 1 is 0.872 bits per heavy atom. The van der Waals surface area contributed by atoms with Crippen molar-refractivity contribution in [1.82, 2.24) is 10.3 Å². The number of carboxylic acid groups (broad SMARTS) is 1. The average Bonchev–Trinajstić information content (AvgIpc) is 3.41. The molecule has 1 heterocycles. The van der Waals surface area contributed by atoms with Gasteiger partial charge >= 0.3 is 5.97 Å². The van der Waals surface area contributed by atoms with Crippen LogP contribution < -0.4 is 10.6 Å². The number of rotatable bonds is 10. The summed E-state index contributed by atoms with van der Waals surface area (Å²) in [7, 11) is 0. The number of hydrogen-bond acceptors (Lipinski definition) is 5. The van der Waals surface area contributed by atoms with Crippen molar-refractivity contribution in [2.45, 2.75) is 51.0 Å². The highest BCUT2D eigenvalue weighted by Crippen LogP contribution is 2.40. The molecule has 39 heavy (non-hydrogen) atoms. The minimum atomic E-state index is -0.936. The lowest BCUT2D eigenvalue weighted by molar-refractivity contribution is -0.136. The maximum absolute atomic E-state index is 12.2. The molecule has 1 aromatic heterocycles. The van der Waals surface area contributed by atoms with Gasteiger partial charge in [-0.15, -0.1) is 0 Å². The zero-order chi connectivity index (χ0) is 27.0. The summed E-state index contributed by atoms with van der Waals surface area (Å²) in [4.78, 5) is 29.0. The van der Waals surface area contributed by atoms with E-state index in [1.807, 2.05) is 30.3 Å². The zero-order valence-corrected chi connectivity index (χ0v) is 22.7. The van der Waals surface area contributed by atoms with Crippen LogP contribution in [-0.4, -0.2) is 28.5 Å². The summed E-state index contributed by atoms with van der Waals surface area (Å²) < 4.78 is 0. The van der Waals surface area contributed by atoms with Crippen LogP contribution in [0, 0.1) is 0 Å². The number of amides is 1. The molecule has 1 saturated carbocycles. The number of anilines is 1. The largest absolute Gasteiger partial charge is 0.481 e. The first-order valence-electron chi connectivity index (χ1n) is 13.6. The molecule has 0 radical (unpaired) electrons. The summed E-state index contributed by atoms with van der Waals surface area (Å²) in [5, 5.41) is 15.7. The van der Waals surface area contributed by atoms with Gasteiger partial charge in [-0.3, -0.25) is 9.59 Å². The van der Waals surface area contributed by atoms with E-state index in [9.17, 15) is 9.59 Å². The average molecular weight is 540 g/mol. The molecule has 1 aliphatic rings. The van der Waals surface area contributed by atoms with Gasteiger partial charge in [0.05, 0.1) is 17.0 Å². The van der Waals surface area contributed by atoms with E-state index in [0.29, 0.717) is 18.0 Å². The van der Waals surface area contributed by atoms with Crippen molar-refractivity contribution in [2.75, 3.05) is 11.9 Å². The molecule has 0 atom stereocenters. The van der Waals surface area contributed by atoms with Crippen molar-refractivity contribution in [2.24, 2.45) is 0 Å². The van der Waals surface area contributed by atoms with Gasteiger partial charge in [0.25, 0.3) is 5.91 Å². The Morgan fingerprint density at radius 2 is 1.59 bits per heavy atom. The SMILES string of the molecule is O=C(O)CCNC(=O)c1ccc(CNc2nc(-c3ccccc3)c(-c3ccc(C4CCCCC4)cc3)s2)cc1. The monoisotopic (exact) mass is 539 g/mol. The molecule has 3 aromatic carbocycles. The standard InChI is InChI=1S/C32H33N3O3S/c36-28(37)19-20-33-31(38)27-13-11-22(12-14-27)21-34-32-35-29(25-9-5-2-6-10-25)30(39-32)26-17-15-24(16-18-26)23-7-3-1-4-8-23/h2,5-6,9-18,23H,1,3-4,7-8,19-21H2,(H,33,38)(H,34,35)(H,36,37). The number of aromatic nitrogens is 1. The molecular formula is C32H33N3O3S. The molecule has 0 aliphatic heterocycles. The third kappa shape index (κ3) is 6.92. The van der Waals surface area contributed by atoms with E-state index in [0.717, 1.165) is 26.8 Å². The van der Waals surface area contributed by atoms with Crippen molar-refractivity contribution >= 4 is 28.3 Å². The molecule has 0 saturated heterocycles. The minimum absolute atomic E-state index is 0.0980. The van der Waals surface area contributed by atoms with Crippen molar-refractivity contribution in [3.63, 3.8) is 0 Å². The normalized spacial score (nSPS) is 13.6. The van der Waals surface area contributed by atoms with Gasteiger partial charge in [-0.05, 0) is 47.6 Å². The van der Waals surface area contributed by atoms with Crippen LogP contribution in [-0.2, 0) is 11.3 Å². The number of carbonyl (C=O) groups is 2. The van der Waals surface area contributed by atoms with Gasteiger partial charge in [-0.25, -0.2) is 4.98 Å². The lowest BCUT2D eigenvalue weighted by atomic mass is 9.84. The molecule has 1 aliphatic carbocycles. The number of nitrogens with zero attached hydrogens (tertiary/aromatic N) is 1. The van der Waals surface area contributed by atoms with Gasteiger partial charge in [0, 0.05) is 24.2 Å². The van der Waals surface area contributed by atoms with Gasteiger partial charge in [-0.1, -0.05) is 97.3 Å².